The molecule has 2 N–H and O–H groups in total. The van der Waals surface area contributed by atoms with Crippen LogP contribution in [0.25, 0.3) is 10.9 Å². The first-order valence-corrected chi connectivity index (χ1v) is 7.74. The van der Waals surface area contributed by atoms with Gasteiger partial charge in [-0.25, -0.2) is 9.18 Å². The number of nitrogens with one attached hydrogen (secondary N) is 1. The molecule has 0 fully saturated rings. The molecular formula is C17H18FN3O5. The molecule has 0 bridgehead atoms. The molecule has 0 spiro atoms. The maximum atomic E-state index is 14.3. The van der Waals surface area contributed by atoms with Gasteiger partial charge >= 0.3 is 11.9 Å². The summed E-state index contributed by atoms with van der Waals surface area (Å²) in [4.78, 5) is 34.7. The van der Waals surface area contributed by atoms with Gasteiger partial charge in [-0.1, -0.05) is 0 Å². The summed E-state index contributed by atoms with van der Waals surface area (Å²) in [6, 6.07) is 2.35. The predicted molar refractivity (Wildman–Crippen MR) is 94.2 cm³/mol. The van der Waals surface area contributed by atoms with Crippen LogP contribution in [0.5, 0.6) is 0 Å². The van der Waals surface area contributed by atoms with Gasteiger partial charge in [0, 0.05) is 23.8 Å². The number of pyridine rings is 1. The van der Waals surface area contributed by atoms with E-state index in [2.05, 4.69) is 15.3 Å². The first kappa shape index (κ1) is 19.1. The molecule has 0 radical (unpaired) electrons. The van der Waals surface area contributed by atoms with Crippen LogP contribution in [-0.4, -0.2) is 34.4 Å². The Labute approximate surface area is 147 Å². The molecule has 1 heterocycles. The SMILES string of the molecule is CCn1cc(C(=O)O)c(=O)c2cc(F)c(N/N=C(/C)CC(=O)OC)cc21. The lowest BCUT2D eigenvalue weighted by atomic mass is 10.1. The van der Waals surface area contributed by atoms with E-state index in [1.807, 2.05) is 0 Å². The van der Waals surface area contributed by atoms with Crippen LogP contribution in [0.1, 0.15) is 30.6 Å². The van der Waals surface area contributed by atoms with Gasteiger partial charge in [-0.05, 0) is 26.0 Å². The monoisotopic (exact) mass is 363 g/mol. The van der Waals surface area contributed by atoms with Crippen LogP contribution in [0.15, 0.2) is 28.2 Å². The number of anilines is 1. The third kappa shape index (κ3) is 3.88. The summed E-state index contributed by atoms with van der Waals surface area (Å²) < 4.78 is 20.4. The number of aromatic nitrogens is 1. The summed E-state index contributed by atoms with van der Waals surface area (Å²) in [6.07, 6.45) is 1.17. The van der Waals surface area contributed by atoms with E-state index >= 15 is 0 Å². The first-order valence-electron chi connectivity index (χ1n) is 7.74. The number of esters is 1. The summed E-state index contributed by atoms with van der Waals surface area (Å²) in [7, 11) is 1.25. The van der Waals surface area contributed by atoms with Crippen LogP contribution in [0, 0.1) is 5.82 Å². The summed E-state index contributed by atoms with van der Waals surface area (Å²) in [5, 5.41) is 13.0. The Kier molecular flexibility index (Phi) is 5.71. The molecule has 2 aromatic rings. The third-order valence-electron chi connectivity index (χ3n) is 3.74. The Balaban J connectivity index is 2.51. The molecule has 0 saturated heterocycles. The quantitative estimate of drug-likeness (QED) is 0.463. The van der Waals surface area contributed by atoms with Crippen LogP contribution in [-0.2, 0) is 16.1 Å². The number of carboxylic acid groups (broad SMARTS) is 1. The number of aryl methyl sites for hydroxylation is 1. The Bertz CT molecular complexity index is 965. The van der Waals surface area contributed by atoms with E-state index in [4.69, 9.17) is 5.11 Å². The fourth-order valence-corrected chi connectivity index (χ4v) is 2.39. The largest absolute Gasteiger partial charge is 0.477 e. The van der Waals surface area contributed by atoms with Crippen molar-refractivity contribution in [3.05, 3.63) is 39.9 Å². The number of hydrazone groups is 1. The number of aromatic carboxylic acids is 1. The van der Waals surface area contributed by atoms with Crippen molar-refractivity contribution in [2.24, 2.45) is 5.10 Å². The topological polar surface area (TPSA) is 110 Å². The Morgan fingerprint density at radius 3 is 2.65 bits per heavy atom. The van der Waals surface area contributed by atoms with Crippen molar-refractivity contribution >= 4 is 34.2 Å². The number of nitrogens with zero attached hydrogens (tertiary/aromatic N) is 2. The maximum Gasteiger partial charge on any atom is 0.341 e. The van der Waals surface area contributed by atoms with Gasteiger partial charge in [-0.15, -0.1) is 0 Å². The van der Waals surface area contributed by atoms with E-state index < -0.39 is 28.7 Å². The number of halogens is 1. The Hall–Kier alpha value is -3.23. The lowest BCUT2D eigenvalue weighted by Gasteiger charge is -2.12. The van der Waals surface area contributed by atoms with Gasteiger partial charge in [-0.2, -0.15) is 5.10 Å². The van der Waals surface area contributed by atoms with Crippen LogP contribution in [0.4, 0.5) is 10.1 Å². The summed E-state index contributed by atoms with van der Waals surface area (Å²) in [5.41, 5.74) is 2.07. The number of fused-ring (bicyclic) bond motifs is 1. The molecule has 1 aromatic carbocycles. The molecular weight excluding hydrogens is 345 g/mol. The highest BCUT2D eigenvalue weighted by atomic mass is 19.1. The van der Waals surface area contributed by atoms with E-state index in [-0.39, 0.29) is 17.5 Å². The van der Waals surface area contributed by atoms with E-state index in [0.29, 0.717) is 17.8 Å². The minimum absolute atomic E-state index is 0.00797. The van der Waals surface area contributed by atoms with Crippen LogP contribution < -0.4 is 10.9 Å². The fraction of sp³-hybridized carbons (Fsp3) is 0.294. The highest BCUT2D eigenvalue weighted by molar-refractivity contribution is 5.98. The van der Waals surface area contributed by atoms with Crippen LogP contribution in [0.3, 0.4) is 0 Å². The van der Waals surface area contributed by atoms with Crippen molar-refractivity contribution in [3.63, 3.8) is 0 Å². The number of ether oxygens (including phenoxy) is 1. The zero-order valence-electron chi connectivity index (χ0n) is 14.5. The van der Waals surface area contributed by atoms with E-state index in [0.717, 1.165) is 6.07 Å². The molecule has 0 aliphatic heterocycles. The Morgan fingerprint density at radius 1 is 1.38 bits per heavy atom. The van der Waals surface area contributed by atoms with Crippen molar-refractivity contribution in [2.75, 3.05) is 12.5 Å². The van der Waals surface area contributed by atoms with Crippen LogP contribution >= 0.6 is 0 Å². The van der Waals surface area contributed by atoms with Crippen molar-refractivity contribution in [2.45, 2.75) is 26.8 Å². The van der Waals surface area contributed by atoms with Crippen molar-refractivity contribution in [1.29, 1.82) is 0 Å². The molecule has 138 valence electrons. The normalized spacial score (nSPS) is 11.5. The zero-order valence-corrected chi connectivity index (χ0v) is 14.5. The smallest absolute Gasteiger partial charge is 0.341 e. The number of carboxylic acids is 1. The number of hydrogen-bond acceptors (Lipinski definition) is 6. The fourth-order valence-electron chi connectivity index (χ4n) is 2.39. The van der Waals surface area contributed by atoms with Gasteiger partial charge in [0.05, 0.1) is 24.7 Å². The van der Waals surface area contributed by atoms with Gasteiger partial charge in [0.25, 0.3) is 0 Å². The van der Waals surface area contributed by atoms with Crippen molar-refractivity contribution in [1.82, 2.24) is 4.57 Å². The van der Waals surface area contributed by atoms with Crippen molar-refractivity contribution < 1.29 is 23.8 Å². The second-order valence-corrected chi connectivity index (χ2v) is 5.52. The number of methoxy groups -OCH3 is 1. The number of carbonyl (C=O) groups is 2. The number of benzene rings is 1. The minimum Gasteiger partial charge on any atom is -0.477 e. The van der Waals surface area contributed by atoms with E-state index in [9.17, 15) is 18.8 Å². The highest BCUT2D eigenvalue weighted by Crippen LogP contribution is 2.22. The van der Waals surface area contributed by atoms with Gasteiger partial charge in [0.1, 0.15) is 11.4 Å². The second-order valence-electron chi connectivity index (χ2n) is 5.52. The standard InChI is InChI=1S/C17H18FN3O5/c1-4-21-8-11(17(24)25)16(23)10-6-12(18)13(7-14(10)21)20-19-9(2)5-15(22)26-3/h6-8,20H,4-5H2,1-3H3,(H,24,25)/b19-9-. The van der Waals surface area contributed by atoms with Gasteiger partial charge in [0.15, 0.2) is 0 Å². The summed E-state index contributed by atoms with van der Waals surface area (Å²) in [6.45, 7) is 3.72. The molecule has 2 rings (SSSR count). The van der Waals surface area contributed by atoms with E-state index in [1.54, 1.807) is 13.8 Å². The van der Waals surface area contributed by atoms with Gasteiger partial charge in [0.2, 0.25) is 5.43 Å². The van der Waals surface area contributed by atoms with Crippen LogP contribution in [0.2, 0.25) is 0 Å². The number of rotatable bonds is 6. The molecule has 8 nitrogen and oxygen atoms in total. The lowest BCUT2D eigenvalue weighted by molar-refractivity contribution is -0.139. The molecule has 1 aromatic heterocycles. The second kappa shape index (κ2) is 7.77. The molecule has 0 amide bonds. The average molecular weight is 363 g/mol. The summed E-state index contributed by atoms with van der Waals surface area (Å²) >= 11 is 0. The molecule has 0 aliphatic rings. The number of hydrogen-bond donors (Lipinski definition) is 2. The minimum atomic E-state index is -1.37. The predicted octanol–water partition coefficient (Wildman–Crippen LogP) is 2.21. The van der Waals surface area contributed by atoms with Gasteiger partial charge < -0.3 is 14.4 Å². The van der Waals surface area contributed by atoms with Gasteiger partial charge in [-0.3, -0.25) is 15.0 Å². The highest BCUT2D eigenvalue weighted by Gasteiger charge is 2.16. The average Bonchev–Trinajstić information content (AvgIpc) is 2.60. The molecule has 0 atom stereocenters. The maximum absolute atomic E-state index is 14.3. The number of carbonyl (C=O) groups excluding carboxylic acids is 1. The Morgan fingerprint density at radius 2 is 2.08 bits per heavy atom. The molecule has 0 saturated carbocycles. The summed E-state index contributed by atoms with van der Waals surface area (Å²) in [5.74, 6) is -2.62. The van der Waals surface area contributed by atoms with E-state index in [1.165, 1.54) is 23.9 Å². The molecule has 9 heteroatoms. The molecule has 0 unspecified atom stereocenters. The molecule has 26 heavy (non-hydrogen) atoms. The molecule has 0 aliphatic carbocycles. The lowest BCUT2D eigenvalue weighted by Crippen LogP contribution is -2.19. The van der Waals surface area contributed by atoms with Crippen molar-refractivity contribution in [3.8, 4) is 0 Å². The first-order chi connectivity index (χ1) is 12.3. The third-order valence-corrected chi connectivity index (χ3v) is 3.74. The zero-order chi connectivity index (χ0) is 19.4.